The number of hydrogen-bond acceptors (Lipinski definition) is 16. The van der Waals surface area contributed by atoms with Crippen molar-refractivity contribution in [3.8, 4) is 45.6 Å². The molecule has 18 nitrogen and oxygen atoms in total. The fourth-order valence-corrected chi connectivity index (χ4v) is 24.9. The van der Waals surface area contributed by atoms with E-state index in [2.05, 4.69) is 71.4 Å². The van der Waals surface area contributed by atoms with Gasteiger partial charge >= 0.3 is 118 Å². The van der Waals surface area contributed by atoms with Crippen LogP contribution in [0.4, 0.5) is 0 Å². The molecule has 0 saturated heterocycles. The maximum absolute atomic E-state index is 12.7. The number of carbonyl (C=O) groups is 4. The number of carboxylic acids is 4. The Morgan fingerprint density at radius 3 is 0.894 bits per heavy atom. The van der Waals surface area contributed by atoms with Crippen molar-refractivity contribution in [3.63, 3.8) is 0 Å². The van der Waals surface area contributed by atoms with Gasteiger partial charge in [0.05, 0.1) is 23.9 Å². The third-order valence-corrected chi connectivity index (χ3v) is 28.9. The molecule has 2 aliphatic rings. The second-order valence-corrected chi connectivity index (χ2v) is 31.3. The van der Waals surface area contributed by atoms with Crippen LogP contribution >= 0.6 is 0 Å². The molecule has 7 aromatic rings. The fraction of sp³-hybridized carbons (Fsp3) is 0.400. The minimum Gasteiger partial charge on any atom is -0.545 e. The van der Waals surface area contributed by atoms with Gasteiger partial charge in [0.1, 0.15) is 22.6 Å². The van der Waals surface area contributed by atoms with Crippen LogP contribution in [0.15, 0.2) is 72.8 Å². The molecule has 2 aliphatic heterocycles. The number of carbonyl (C=O) groups excluding carboxylic acids is 4. The van der Waals surface area contributed by atoms with Gasteiger partial charge in [-0.15, -0.1) is 0 Å². The van der Waals surface area contributed by atoms with Crippen LogP contribution in [0.3, 0.4) is 0 Å². The van der Waals surface area contributed by atoms with Gasteiger partial charge in [-0.1, -0.05) is 191 Å². The van der Waals surface area contributed by atoms with Crippen molar-refractivity contribution in [1.29, 1.82) is 0 Å². The molecule has 2 N–H and O–H groups in total. The van der Waals surface area contributed by atoms with Gasteiger partial charge in [-0.3, -0.25) is 0 Å². The van der Waals surface area contributed by atoms with E-state index in [0.29, 0.717) is 44.3 Å². The fourth-order valence-electron chi connectivity index (χ4n) is 11.2. The number of fused-ring (bicyclic) bond motifs is 20. The first-order valence-corrected chi connectivity index (χ1v) is 34.9. The third kappa shape index (κ3) is 17.0. The van der Waals surface area contributed by atoms with E-state index in [1.807, 2.05) is 24.3 Å². The molecule has 85 heavy (non-hydrogen) atoms. The SMILES string of the molecule is CCCC[Si](CCCC)(CCCC)O[SiH2]O[Si](CCCC)(CCCC)CCCC.O=C([O-])c1c(C(=O)[O-])c(C(=O)[O-])c2c3nc4nc(nc5[nH]c(nc6nc(nc([nH]3)c2c1C(=O)[O-])-c1ccccc1-6)c1ccccc51)-c1ccccc1-4.[Na+].[Na+].[Na+].[Na+]. The molecule has 25 heteroatoms. The average Bonchev–Trinajstić information content (AvgIpc) is 3.49. The molecule has 0 radical (unpaired) electrons. The minimum absolute atomic E-state index is 0. The maximum atomic E-state index is 12.7. The van der Waals surface area contributed by atoms with Gasteiger partial charge in [-0.25, -0.2) is 29.9 Å². The van der Waals surface area contributed by atoms with Crippen LogP contribution in [-0.2, 0) is 8.23 Å². The summed E-state index contributed by atoms with van der Waals surface area (Å²) >= 11 is 0. The molecular weight excluding hydrogens is 1170 g/mol. The summed E-state index contributed by atoms with van der Waals surface area (Å²) in [5.74, 6) is -8.77. The van der Waals surface area contributed by atoms with Gasteiger partial charge in [-0.05, 0) is 36.3 Å². The quantitative estimate of drug-likeness (QED) is 0.0513. The second-order valence-electron chi connectivity index (χ2n) is 21.0. The zero-order valence-electron chi connectivity index (χ0n) is 51.1. The van der Waals surface area contributed by atoms with Crippen LogP contribution in [-0.4, -0.2) is 90.4 Å². The van der Waals surface area contributed by atoms with Crippen LogP contribution in [0.1, 0.15) is 160 Å². The summed E-state index contributed by atoms with van der Waals surface area (Å²) in [5.41, 5.74) is -3.81. The number of rotatable bonds is 26. The zero-order valence-corrected chi connectivity index (χ0v) is 62.5. The van der Waals surface area contributed by atoms with E-state index >= 15 is 0 Å². The average molecular weight is 1240 g/mol. The first-order valence-electron chi connectivity index (χ1n) is 28.6. The largest absolute Gasteiger partial charge is 1.00 e. The number of unbranched alkanes of at least 4 members (excludes halogenated alkanes) is 6. The summed E-state index contributed by atoms with van der Waals surface area (Å²) in [4.78, 5) is 84.3. The first kappa shape index (κ1) is 74.2. The van der Waals surface area contributed by atoms with Crippen molar-refractivity contribution in [1.82, 2.24) is 39.9 Å². The number of aromatic carboxylic acids is 4. The van der Waals surface area contributed by atoms with Crippen LogP contribution in [0.5, 0.6) is 0 Å². The predicted octanol–water partition coefficient (Wildman–Crippen LogP) is -2.95. The van der Waals surface area contributed by atoms with Crippen molar-refractivity contribution in [3.05, 3.63) is 95.1 Å². The topological polar surface area (TPSA) is 288 Å². The van der Waals surface area contributed by atoms with Gasteiger partial charge in [0, 0.05) is 66.1 Å². The Hall–Kier alpha value is -3.31. The van der Waals surface area contributed by atoms with Crippen molar-refractivity contribution in [2.45, 2.75) is 155 Å². The van der Waals surface area contributed by atoms with Gasteiger partial charge in [0.2, 0.25) is 0 Å². The monoisotopic (exact) mass is 1240 g/mol. The van der Waals surface area contributed by atoms with E-state index in [1.54, 1.807) is 48.5 Å². The van der Waals surface area contributed by atoms with Crippen molar-refractivity contribution >= 4 is 94.7 Å². The molecule has 0 unspecified atom stereocenters. The Kier molecular flexibility index (Phi) is 30.2. The van der Waals surface area contributed by atoms with Crippen LogP contribution in [0.25, 0.3) is 89.7 Å². The van der Waals surface area contributed by atoms with Gasteiger partial charge < -0.3 is 57.8 Å². The van der Waals surface area contributed by atoms with Crippen LogP contribution in [0, 0.1) is 0 Å². The van der Waals surface area contributed by atoms with E-state index in [9.17, 15) is 39.6 Å². The zero-order chi connectivity index (χ0) is 57.8. The van der Waals surface area contributed by atoms with E-state index < -0.39 is 94.8 Å². The molecule has 9 rings (SSSR count). The van der Waals surface area contributed by atoms with Gasteiger partial charge in [0.25, 0.3) is 10.0 Å². The molecule has 426 valence electrons. The molecular formula is C60H70N8Na4O10Si3. The Labute approximate surface area is 589 Å². The van der Waals surface area contributed by atoms with Gasteiger partial charge in [0.15, 0.2) is 39.9 Å². The summed E-state index contributed by atoms with van der Waals surface area (Å²) < 4.78 is 14.0. The number of hydrogen-bond donors (Lipinski definition) is 2. The summed E-state index contributed by atoms with van der Waals surface area (Å²) in [6, 6.07) is 29.3. The molecule has 0 aliphatic carbocycles. The van der Waals surface area contributed by atoms with Gasteiger partial charge in [-0.2, -0.15) is 0 Å². The normalized spacial score (nSPS) is 11.5. The molecule has 0 fully saturated rings. The van der Waals surface area contributed by atoms with Crippen LogP contribution in [0.2, 0.25) is 36.3 Å². The Bertz CT molecular complexity index is 3390. The predicted molar refractivity (Wildman–Crippen MR) is 314 cm³/mol. The number of carboxylic acid groups (broad SMARTS) is 4. The number of benzene rings is 4. The Balaban J connectivity index is 0.000000408. The smallest absolute Gasteiger partial charge is 0.545 e. The van der Waals surface area contributed by atoms with Crippen LogP contribution < -0.4 is 139 Å². The molecule has 3 aromatic heterocycles. The maximum Gasteiger partial charge on any atom is 1.00 e. The molecule has 0 saturated carbocycles. The summed E-state index contributed by atoms with van der Waals surface area (Å²) in [7, 11) is -4.03. The van der Waals surface area contributed by atoms with E-state index in [1.165, 1.54) is 113 Å². The van der Waals surface area contributed by atoms with Crippen molar-refractivity contribution in [2.75, 3.05) is 0 Å². The van der Waals surface area contributed by atoms with E-state index in [0.717, 1.165) is 0 Å². The Morgan fingerprint density at radius 2 is 0.635 bits per heavy atom. The molecule has 0 spiro atoms. The minimum atomic E-state index is -2.34. The number of nitrogens with zero attached hydrogens (tertiary/aromatic N) is 6. The number of aromatic amines is 2. The van der Waals surface area contributed by atoms with E-state index in [-0.39, 0.29) is 142 Å². The molecule has 8 bridgehead atoms. The summed E-state index contributed by atoms with van der Waals surface area (Å²) in [6.07, 6.45) is 16.0. The molecule has 0 amide bonds. The standard InChI is InChI=1S/C36H18N8O8.C24H56O2Si3.4Na/c45-33(46)21-19-20(22(34(47)48)24(36(51)52)23(21)35(49)50)32-43-30-18-12-6-4-10-16(18)28(41-30)39-26-14-8-2-1-7-13(14)25(37-26)38-27-15-9-3-5-11-17(15)29(40-27)42-31(19)44-32;1-7-13-19-28(20-14-8-2,21-15-9-3)25-27-26-29(22-16-10-4,23-17-11-5)24-18-12-6;;;;/h1-12H,(H,45,46)(H,47,48)(H,49,50)(H,51,52)(H2,37,38,39,40,41,42,43,44);7-24,27H2,1-6H3;;;;/q;;4*+1/p-4. The second kappa shape index (κ2) is 34.6. The molecule has 5 heterocycles. The Morgan fingerprint density at radius 1 is 0.388 bits per heavy atom. The number of aromatic nitrogens is 8. The molecule has 0 atom stereocenters. The summed E-state index contributed by atoms with van der Waals surface area (Å²) in [5, 5.41) is 50.3. The van der Waals surface area contributed by atoms with Crippen molar-refractivity contribution in [2.24, 2.45) is 0 Å². The summed E-state index contributed by atoms with van der Waals surface area (Å²) in [6.45, 7) is 14.0. The molecule has 4 aromatic carbocycles. The first-order chi connectivity index (χ1) is 39.2. The van der Waals surface area contributed by atoms with Crippen molar-refractivity contribution < 1.29 is 166 Å². The third-order valence-electron chi connectivity index (χ3n) is 15.5. The van der Waals surface area contributed by atoms with E-state index in [4.69, 9.17) is 18.2 Å². The number of nitrogens with one attached hydrogen (secondary N) is 2. The number of H-pyrrole nitrogens is 2.